The molecule has 90 valence electrons. The highest BCUT2D eigenvalue weighted by atomic mass is 16.2. The van der Waals surface area contributed by atoms with Gasteiger partial charge in [0.25, 0.3) is 0 Å². The Morgan fingerprint density at radius 3 is 2.29 bits per heavy atom. The molecular formula is C13H16N2O2. The van der Waals surface area contributed by atoms with Crippen molar-refractivity contribution >= 4 is 12.2 Å². The molecule has 0 heterocycles. The van der Waals surface area contributed by atoms with E-state index in [-0.39, 0.29) is 11.6 Å². The molecule has 2 N–H and O–H groups in total. The Labute approximate surface area is 101 Å². The quantitative estimate of drug-likeness (QED) is 0.631. The second-order valence-corrected chi connectivity index (χ2v) is 3.78. The van der Waals surface area contributed by atoms with Crippen molar-refractivity contribution in [1.82, 2.24) is 4.90 Å². The van der Waals surface area contributed by atoms with Gasteiger partial charge >= 0.3 is 0 Å². The molecule has 1 rings (SSSR count). The van der Waals surface area contributed by atoms with Gasteiger partial charge in [0.2, 0.25) is 5.91 Å². The lowest BCUT2D eigenvalue weighted by atomic mass is 10.2. The van der Waals surface area contributed by atoms with E-state index < -0.39 is 0 Å². The van der Waals surface area contributed by atoms with Gasteiger partial charge in [0, 0.05) is 12.6 Å². The van der Waals surface area contributed by atoms with E-state index in [9.17, 15) is 9.59 Å². The molecular weight excluding hydrogens is 216 g/mol. The van der Waals surface area contributed by atoms with Crippen molar-refractivity contribution in [2.24, 2.45) is 5.73 Å². The monoisotopic (exact) mass is 232 g/mol. The summed E-state index contributed by atoms with van der Waals surface area (Å²) in [5, 5.41) is 0. The lowest BCUT2D eigenvalue weighted by Gasteiger charge is -2.21. The molecule has 0 unspecified atom stereocenters. The van der Waals surface area contributed by atoms with Gasteiger partial charge in [0.15, 0.2) is 6.29 Å². The van der Waals surface area contributed by atoms with Gasteiger partial charge in [0.1, 0.15) is 5.70 Å². The minimum Gasteiger partial charge on any atom is -0.400 e. The molecule has 0 radical (unpaired) electrons. The van der Waals surface area contributed by atoms with Crippen molar-refractivity contribution in [2.75, 3.05) is 0 Å². The number of hydrogen-bond acceptors (Lipinski definition) is 3. The zero-order valence-corrected chi connectivity index (χ0v) is 10.0. The fraction of sp³-hybridized carbons (Fsp3) is 0.231. The third kappa shape index (κ3) is 3.45. The summed E-state index contributed by atoms with van der Waals surface area (Å²) in [6, 6.07) is 9.45. The summed E-state index contributed by atoms with van der Waals surface area (Å²) in [5.41, 5.74) is 7.10. The van der Waals surface area contributed by atoms with Crippen LogP contribution in [0.3, 0.4) is 0 Å². The van der Waals surface area contributed by atoms with Crippen molar-refractivity contribution in [1.29, 1.82) is 0 Å². The number of carbonyl (C=O) groups excluding carboxylic acids is 2. The summed E-state index contributed by atoms with van der Waals surface area (Å²) < 4.78 is 0. The summed E-state index contributed by atoms with van der Waals surface area (Å²) in [6.45, 7) is 3.36. The van der Waals surface area contributed by atoms with E-state index in [1.54, 1.807) is 6.92 Å². The number of amides is 1. The molecule has 17 heavy (non-hydrogen) atoms. The van der Waals surface area contributed by atoms with Crippen LogP contribution < -0.4 is 5.73 Å². The number of nitrogens with two attached hydrogens (primary N) is 1. The van der Waals surface area contributed by atoms with Gasteiger partial charge in [-0.3, -0.25) is 9.59 Å². The minimum atomic E-state index is -0.208. The van der Waals surface area contributed by atoms with Crippen LogP contribution in [-0.2, 0) is 16.1 Å². The van der Waals surface area contributed by atoms with E-state index in [0.29, 0.717) is 18.5 Å². The van der Waals surface area contributed by atoms with E-state index in [0.717, 1.165) is 5.56 Å². The largest absolute Gasteiger partial charge is 0.400 e. The highest BCUT2D eigenvalue weighted by Crippen LogP contribution is 2.11. The van der Waals surface area contributed by atoms with E-state index in [4.69, 9.17) is 5.73 Å². The van der Waals surface area contributed by atoms with Crippen molar-refractivity contribution in [2.45, 2.75) is 20.4 Å². The van der Waals surface area contributed by atoms with E-state index in [1.165, 1.54) is 11.8 Å². The second kappa shape index (κ2) is 5.84. The molecule has 4 heteroatoms. The Morgan fingerprint density at radius 1 is 1.29 bits per heavy atom. The first kappa shape index (κ1) is 13.0. The highest BCUT2D eigenvalue weighted by molar-refractivity contribution is 5.85. The number of rotatable bonds is 4. The molecule has 0 saturated heterocycles. The first-order valence-electron chi connectivity index (χ1n) is 5.29. The highest BCUT2D eigenvalue weighted by Gasteiger charge is 2.15. The van der Waals surface area contributed by atoms with Gasteiger partial charge in [-0.1, -0.05) is 30.3 Å². The number of benzene rings is 1. The Bertz CT molecular complexity index is 434. The predicted octanol–water partition coefficient (Wildman–Crippen LogP) is 1.42. The first-order valence-corrected chi connectivity index (χ1v) is 5.29. The van der Waals surface area contributed by atoms with Gasteiger partial charge in [0.05, 0.1) is 6.54 Å². The lowest BCUT2D eigenvalue weighted by molar-refractivity contribution is -0.129. The molecule has 4 nitrogen and oxygen atoms in total. The Morgan fingerprint density at radius 2 is 1.88 bits per heavy atom. The molecule has 1 aromatic rings. The summed E-state index contributed by atoms with van der Waals surface area (Å²) in [6.07, 6.45) is 0.611. The van der Waals surface area contributed by atoms with Crippen LogP contribution in [0.2, 0.25) is 0 Å². The molecule has 0 aromatic heterocycles. The van der Waals surface area contributed by atoms with Crippen molar-refractivity contribution < 1.29 is 9.59 Å². The third-order valence-corrected chi connectivity index (χ3v) is 2.37. The van der Waals surface area contributed by atoms with Crippen LogP contribution >= 0.6 is 0 Å². The van der Waals surface area contributed by atoms with Crippen LogP contribution in [0.1, 0.15) is 19.4 Å². The Balaban J connectivity index is 3.00. The van der Waals surface area contributed by atoms with Crippen LogP contribution in [0.15, 0.2) is 41.7 Å². The molecule has 0 aliphatic carbocycles. The Kier molecular flexibility index (Phi) is 4.46. The standard InChI is InChI=1S/C13H16N2O2/c1-10(14)13(9-16)15(11(2)17)8-12-6-4-3-5-7-12/h3-7,9H,8,14H2,1-2H3/b13-10-. The number of aldehydes is 1. The number of allylic oxidation sites excluding steroid dienone is 2. The molecule has 0 aliphatic heterocycles. The van der Waals surface area contributed by atoms with E-state index >= 15 is 0 Å². The Hall–Kier alpha value is -2.10. The average Bonchev–Trinajstić information content (AvgIpc) is 2.29. The van der Waals surface area contributed by atoms with Gasteiger partial charge in [-0.2, -0.15) is 0 Å². The molecule has 0 fully saturated rings. The second-order valence-electron chi connectivity index (χ2n) is 3.78. The topological polar surface area (TPSA) is 63.4 Å². The SMILES string of the molecule is CC(=O)N(Cc1ccccc1)/C(C=O)=C(/C)N. The average molecular weight is 232 g/mol. The molecule has 1 aromatic carbocycles. The molecule has 0 bridgehead atoms. The summed E-state index contributed by atoms with van der Waals surface area (Å²) in [7, 11) is 0. The van der Waals surface area contributed by atoms with Crippen molar-refractivity contribution in [3.8, 4) is 0 Å². The van der Waals surface area contributed by atoms with E-state index in [2.05, 4.69) is 0 Å². The molecule has 1 amide bonds. The van der Waals surface area contributed by atoms with Crippen molar-refractivity contribution in [3.63, 3.8) is 0 Å². The van der Waals surface area contributed by atoms with Gasteiger partial charge < -0.3 is 10.6 Å². The maximum absolute atomic E-state index is 11.5. The summed E-state index contributed by atoms with van der Waals surface area (Å²) in [5.74, 6) is -0.208. The molecule has 0 saturated carbocycles. The molecule has 0 aliphatic rings. The zero-order valence-electron chi connectivity index (χ0n) is 10.0. The van der Waals surface area contributed by atoms with Crippen LogP contribution in [0.4, 0.5) is 0 Å². The van der Waals surface area contributed by atoms with Crippen LogP contribution in [0.5, 0.6) is 0 Å². The van der Waals surface area contributed by atoms with Gasteiger partial charge in [-0.15, -0.1) is 0 Å². The lowest BCUT2D eigenvalue weighted by Crippen LogP contribution is -2.30. The zero-order chi connectivity index (χ0) is 12.8. The predicted molar refractivity (Wildman–Crippen MR) is 65.6 cm³/mol. The van der Waals surface area contributed by atoms with Gasteiger partial charge in [-0.05, 0) is 12.5 Å². The van der Waals surface area contributed by atoms with E-state index in [1.807, 2.05) is 30.3 Å². The summed E-state index contributed by atoms with van der Waals surface area (Å²) >= 11 is 0. The summed E-state index contributed by atoms with van der Waals surface area (Å²) in [4.78, 5) is 23.9. The molecule has 0 atom stereocenters. The molecule has 0 spiro atoms. The van der Waals surface area contributed by atoms with Crippen LogP contribution in [0, 0.1) is 0 Å². The fourth-order valence-corrected chi connectivity index (χ4v) is 1.50. The maximum atomic E-state index is 11.5. The normalized spacial score (nSPS) is 11.6. The maximum Gasteiger partial charge on any atom is 0.224 e. The number of nitrogens with zero attached hydrogens (tertiary/aromatic N) is 1. The third-order valence-electron chi connectivity index (χ3n) is 2.37. The smallest absolute Gasteiger partial charge is 0.224 e. The van der Waals surface area contributed by atoms with Gasteiger partial charge in [-0.25, -0.2) is 0 Å². The number of hydrogen-bond donors (Lipinski definition) is 1. The minimum absolute atomic E-state index is 0.208. The number of carbonyl (C=O) groups is 2. The van der Waals surface area contributed by atoms with Crippen LogP contribution in [-0.4, -0.2) is 17.1 Å². The first-order chi connectivity index (χ1) is 8.06. The fourth-order valence-electron chi connectivity index (χ4n) is 1.50. The van der Waals surface area contributed by atoms with Crippen molar-refractivity contribution in [3.05, 3.63) is 47.3 Å². The van der Waals surface area contributed by atoms with Crippen LogP contribution in [0.25, 0.3) is 0 Å².